The van der Waals surface area contributed by atoms with Gasteiger partial charge in [-0.3, -0.25) is 0 Å². The Balaban J connectivity index is 0.981. The Labute approximate surface area is 335 Å². The molecule has 0 saturated heterocycles. The first kappa shape index (κ1) is 34.1. The molecule has 57 heavy (non-hydrogen) atoms. The number of hydrogen-bond acceptors (Lipinski definition) is 2. The van der Waals surface area contributed by atoms with Crippen LogP contribution >= 0.6 is 0 Å². The SMILES string of the molecule is c1ccc(-c2ccc(N(c3ccc(-c4ccccc4)cc3)c3ccc(-c4ccc5c(c4)Cc4ccccc4N5c4ccc(-c5ccccc5)cc4)cc3)cc2)cc1. The lowest BCUT2D eigenvalue weighted by atomic mass is 9.92. The van der Waals surface area contributed by atoms with Gasteiger partial charge in [-0.25, -0.2) is 0 Å². The van der Waals surface area contributed by atoms with Crippen molar-refractivity contribution in [2.24, 2.45) is 0 Å². The van der Waals surface area contributed by atoms with Crippen LogP contribution in [0.15, 0.2) is 231 Å². The summed E-state index contributed by atoms with van der Waals surface area (Å²) in [6.45, 7) is 0. The van der Waals surface area contributed by atoms with Gasteiger partial charge in [0.05, 0.1) is 0 Å². The van der Waals surface area contributed by atoms with Crippen LogP contribution in [0.1, 0.15) is 11.1 Å². The zero-order valence-corrected chi connectivity index (χ0v) is 31.5. The molecule has 2 nitrogen and oxygen atoms in total. The normalized spacial score (nSPS) is 11.8. The largest absolute Gasteiger partial charge is 0.311 e. The highest BCUT2D eigenvalue weighted by molar-refractivity contribution is 5.87. The Morgan fingerprint density at radius 2 is 0.632 bits per heavy atom. The van der Waals surface area contributed by atoms with Gasteiger partial charge in [-0.05, 0) is 122 Å². The van der Waals surface area contributed by atoms with Crippen LogP contribution < -0.4 is 9.80 Å². The van der Waals surface area contributed by atoms with Crippen LogP contribution in [0, 0.1) is 0 Å². The lowest BCUT2D eigenvalue weighted by Gasteiger charge is -2.34. The molecule has 1 aliphatic rings. The zero-order valence-electron chi connectivity index (χ0n) is 31.5. The van der Waals surface area contributed by atoms with Crippen LogP contribution in [0.2, 0.25) is 0 Å². The maximum atomic E-state index is 2.42. The standard InChI is InChI=1S/C55H40N2/c1-4-12-40(13-5-1)43-20-29-50(30-21-43)56(51-31-22-44(23-32-51)41-14-6-2-7-15-41)52-33-26-46(27-34-52)47-28-37-55-49(38-47)39-48-18-10-11-19-54(48)57(55)53-35-24-45(25-36-53)42-16-8-3-9-17-42/h1-38H,39H2. The van der Waals surface area contributed by atoms with E-state index < -0.39 is 0 Å². The molecule has 10 rings (SSSR count). The molecule has 270 valence electrons. The molecule has 0 unspecified atom stereocenters. The van der Waals surface area contributed by atoms with E-state index in [-0.39, 0.29) is 0 Å². The lowest BCUT2D eigenvalue weighted by molar-refractivity contribution is 1.09. The summed E-state index contributed by atoms with van der Waals surface area (Å²) in [7, 11) is 0. The van der Waals surface area contributed by atoms with Gasteiger partial charge in [-0.1, -0.05) is 164 Å². The third kappa shape index (κ3) is 6.79. The van der Waals surface area contributed by atoms with Crippen molar-refractivity contribution < 1.29 is 0 Å². The molecular formula is C55H40N2. The van der Waals surface area contributed by atoms with Gasteiger partial charge < -0.3 is 9.80 Å². The molecule has 0 fully saturated rings. The van der Waals surface area contributed by atoms with Crippen molar-refractivity contribution in [2.75, 3.05) is 9.80 Å². The summed E-state index contributed by atoms with van der Waals surface area (Å²) in [5, 5.41) is 0. The maximum absolute atomic E-state index is 2.42. The number of rotatable bonds is 8. The summed E-state index contributed by atoms with van der Waals surface area (Å²) < 4.78 is 0. The number of nitrogens with zero attached hydrogens (tertiary/aromatic N) is 2. The van der Waals surface area contributed by atoms with E-state index in [0.29, 0.717) is 0 Å². The lowest BCUT2D eigenvalue weighted by Crippen LogP contribution is -2.18. The van der Waals surface area contributed by atoms with Gasteiger partial charge in [0.2, 0.25) is 0 Å². The fourth-order valence-electron chi connectivity index (χ4n) is 8.17. The molecule has 2 heteroatoms. The average Bonchev–Trinajstić information content (AvgIpc) is 3.30. The fraction of sp³-hybridized carbons (Fsp3) is 0.0182. The zero-order chi connectivity index (χ0) is 38.0. The predicted molar refractivity (Wildman–Crippen MR) is 240 cm³/mol. The van der Waals surface area contributed by atoms with E-state index in [2.05, 4.69) is 240 Å². The highest BCUT2D eigenvalue weighted by atomic mass is 15.2. The number of anilines is 6. The summed E-state index contributed by atoms with van der Waals surface area (Å²) >= 11 is 0. The van der Waals surface area contributed by atoms with Crippen molar-refractivity contribution in [3.05, 3.63) is 242 Å². The van der Waals surface area contributed by atoms with E-state index in [0.717, 1.165) is 29.2 Å². The summed E-state index contributed by atoms with van der Waals surface area (Å²) in [6, 6.07) is 83.2. The van der Waals surface area contributed by atoms with Crippen LogP contribution in [0.3, 0.4) is 0 Å². The third-order valence-electron chi connectivity index (χ3n) is 11.1. The quantitative estimate of drug-likeness (QED) is 0.154. The summed E-state index contributed by atoms with van der Waals surface area (Å²) in [5.74, 6) is 0. The van der Waals surface area contributed by atoms with Gasteiger partial charge >= 0.3 is 0 Å². The van der Waals surface area contributed by atoms with Crippen molar-refractivity contribution in [1.29, 1.82) is 0 Å². The summed E-state index contributed by atoms with van der Waals surface area (Å²) in [5.41, 5.74) is 19.3. The molecule has 0 atom stereocenters. The van der Waals surface area contributed by atoms with E-state index in [9.17, 15) is 0 Å². The molecule has 9 aromatic carbocycles. The van der Waals surface area contributed by atoms with Crippen molar-refractivity contribution in [3.63, 3.8) is 0 Å². The van der Waals surface area contributed by atoms with E-state index in [1.165, 1.54) is 67.0 Å². The van der Waals surface area contributed by atoms with Crippen LogP contribution in [-0.2, 0) is 6.42 Å². The minimum absolute atomic E-state index is 0.891. The Hall–Kier alpha value is -7.42. The van der Waals surface area contributed by atoms with Gasteiger partial charge in [0, 0.05) is 40.5 Å². The Morgan fingerprint density at radius 1 is 0.281 bits per heavy atom. The molecule has 9 aromatic rings. The van der Waals surface area contributed by atoms with Gasteiger partial charge in [-0.15, -0.1) is 0 Å². The van der Waals surface area contributed by atoms with E-state index >= 15 is 0 Å². The minimum Gasteiger partial charge on any atom is -0.311 e. The summed E-state index contributed by atoms with van der Waals surface area (Å²) in [6.07, 6.45) is 0.891. The minimum atomic E-state index is 0.891. The Kier molecular flexibility index (Phi) is 8.98. The van der Waals surface area contributed by atoms with Crippen LogP contribution in [0.5, 0.6) is 0 Å². The molecule has 0 saturated carbocycles. The molecule has 0 aromatic heterocycles. The van der Waals surface area contributed by atoms with Crippen molar-refractivity contribution >= 4 is 34.1 Å². The summed E-state index contributed by atoms with van der Waals surface area (Å²) in [4.78, 5) is 4.76. The molecule has 0 bridgehead atoms. The van der Waals surface area contributed by atoms with Crippen molar-refractivity contribution in [1.82, 2.24) is 0 Å². The maximum Gasteiger partial charge on any atom is 0.0497 e. The highest BCUT2D eigenvalue weighted by Crippen LogP contribution is 2.45. The second-order valence-corrected chi connectivity index (χ2v) is 14.6. The number of benzene rings is 9. The molecule has 0 N–H and O–H groups in total. The van der Waals surface area contributed by atoms with Crippen LogP contribution in [0.25, 0.3) is 44.5 Å². The monoisotopic (exact) mass is 728 g/mol. The van der Waals surface area contributed by atoms with Crippen LogP contribution in [0.4, 0.5) is 34.1 Å². The molecule has 0 aliphatic carbocycles. The second kappa shape index (κ2) is 15.0. The van der Waals surface area contributed by atoms with Gasteiger partial charge in [-0.2, -0.15) is 0 Å². The molecule has 0 spiro atoms. The number of hydrogen-bond donors (Lipinski definition) is 0. The molecule has 1 aliphatic heterocycles. The van der Waals surface area contributed by atoms with Crippen LogP contribution in [-0.4, -0.2) is 0 Å². The van der Waals surface area contributed by atoms with Gasteiger partial charge in [0.15, 0.2) is 0 Å². The fourth-order valence-corrected chi connectivity index (χ4v) is 8.17. The Bertz CT molecular complexity index is 2670. The highest BCUT2D eigenvalue weighted by Gasteiger charge is 2.24. The van der Waals surface area contributed by atoms with Crippen molar-refractivity contribution in [2.45, 2.75) is 6.42 Å². The molecule has 0 radical (unpaired) electrons. The topological polar surface area (TPSA) is 6.48 Å². The van der Waals surface area contributed by atoms with Gasteiger partial charge in [0.25, 0.3) is 0 Å². The van der Waals surface area contributed by atoms with Gasteiger partial charge in [0.1, 0.15) is 0 Å². The Morgan fingerprint density at radius 3 is 1.11 bits per heavy atom. The average molecular weight is 729 g/mol. The number of para-hydroxylation sites is 1. The first-order chi connectivity index (χ1) is 28.2. The smallest absolute Gasteiger partial charge is 0.0497 e. The number of fused-ring (bicyclic) bond motifs is 2. The predicted octanol–water partition coefficient (Wildman–Crippen LogP) is 15.2. The first-order valence-electron chi connectivity index (χ1n) is 19.6. The van der Waals surface area contributed by atoms with E-state index in [4.69, 9.17) is 0 Å². The third-order valence-corrected chi connectivity index (χ3v) is 11.1. The first-order valence-corrected chi connectivity index (χ1v) is 19.6. The molecule has 0 amide bonds. The van der Waals surface area contributed by atoms with E-state index in [1.807, 2.05) is 0 Å². The second-order valence-electron chi connectivity index (χ2n) is 14.6. The van der Waals surface area contributed by atoms with Crippen molar-refractivity contribution in [3.8, 4) is 44.5 Å². The van der Waals surface area contributed by atoms with E-state index in [1.54, 1.807) is 0 Å². The molecular weight excluding hydrogens is 689 g/mol. The molecule has 1 heterocycles.